The Morgan fingerprint density at radius 3 is 3.15 bits per heavy atom. The van der Waals surface area contributed by atoms with Crippen LogP contribution in [0, 0.1) is 0 Å². The molecule has 0 amide bonds. The second kappa shape index (κ2) is 4.94. The molecule has 0 aromatic carbocycles. The van der Waals surface area contributed by atoms with Crippen LogP contribution in [0.15, 0.2) is 10.9 Å². The lowest BCUT2D eigenvalue weighted by molar-refractivity contribution is -0.143. The Labute approximate surface area is 80.7 Å². The van der Waals surface area contributed by atoms with E-state index in [9.17, 15) is 4.79 Å². The number of aromatic nitrogens is 1. The number of ether oxygens (including phenoxy) is 1. The summed E-state index contributed by atoms with van der Waals surface area (Å²) in [4.78, 5) is 15.0. The fourth-order valence-corrected chi connectivity index (χ4v) is 1.53. The van der Waals surface area contributed by atoms with Gasteiger partial charge in [0.15, 0.2) is 0 Å². The lowest BCUT2D eigenvalue weighted by atomic mass is 10.2. The molecule has 4 nitrogen and oxygen atoms in total. The minimum Gasteiger partial charge on any atom is -0.466 e. The van der Waals surface area contributed by atoms with Gasteiger partial charge in [0.1, 0.15) is 0 Å². The Hall–Kier alpha value is -0.940. The van der Waals surface area contributed by atoms with E-state index in [0.29, 0.717) is 6.61 Å². The molecule has 0 spiro atoms. The maximum atomic E-state index is 11.0. The van der Waals surface area contributed by atoms with Gasteiger partial charge in [0.25, 0.3) is 0 Å². The summed E-state index contributed by atoms with van der Waals surface area (Å²) in [5, 5.41) is 1.84. The summed E-state index contributed by atoms with van der Waals surface area (Å²) in [6.07, 6.45) is 0.192. The summed E-state index contributed by atoms with van der Waals surface area (Å²) in [6.45, 7) is 2.16. The van der Waals surface area contributed by atoms with Gasteiger partial charge in [-0.3, -0.25) is 4.79 Å². The van der Waals surface area contributed by atoms with E-state index in [2.05, 4.69) is 4.98 Å². The van der Waals surface area contributed by atoms with E-state index in [1.165, 1.54) is 11.3 Å². The summed E-state index contributed by atoms with van der Waals surface area (Å²) in [5.41, 5.74) is 8.16. The summed E-state index contributed by atoms with van der Waals surface area (Å²) in [6, 6.07) is -0.342. The molecule has 1 unspecified atom stereocenters. The molecular weight excluding hydrogens is 188 g/mol. The zero-order valence-corrected chi connectivity index (χ0v) is 8.21. The molecule has 0 aliphatic rings. The Kier molecular flexibility index (Phi) is 3.85. The molecule has 0 saturated carbocycles. The summed E-state index contributed by atoms with van der Waals surface area (Å²) < 4.78 is 4.77. The molecule has 1 aromatic rings. The Bertz CT molecular complexity index is 261. The van der Waals surface area contributed by atoms with Gasteiger partial charge in [-0.05, 0) is 6.92 Å². The number of carbonyl (C=O) groups is 1. The van der Waals surface area contributed by atoms with Gasteiger partial charge in [-0.25, -0.2) is 4.98 Å². The molecule has 0 fully saturated rings. The van der Waals surface area contributed by atoms with Gasteiger partial charge in [-0.1, -0.05) is 0 Å². The molecule has 1 atom stereocenters. The third-order valence-corrected chi connectivity index (χ3v) is 2.13. The molecule has 0 bridgehead atoms. The van der Waals surface area contributed by atoms with E-state index in [1.54, 1.807) is 12.4 Å². The minimum atomic E-state index is -0.342. The van der Waals surface area contributed by atoms with Crippen molar-refractivity contribution in [3.05, 3.63) is 16.6 Å². The number of thiazole rings is 1. The van der Waals surface area contributed by atoms with Crippen molar-refractivity contribution in [1.29, 1.82) is 0 Å². The predicted octanol–water partition coefficient (Wildman–Crippen LogP) is 1.10. The topological polar surface area (TPSA) is 65.2 Å². The van der Waals surface area contributed by atoms with Crippen LogP contribution in [0.1, 0.15) is 25.1 Å². The van der Waals surface area contributed by atoms with Crippen molar-refractivity contribution in [2.75, 3.05) is 6.61 Å². The van der Waals surface area contributed by atoms with Crippen LogP contribution in [-0.2, 0) is 9.53 Å². The van der Waals surface area contributed by atoms with Gasteiger partial charge in [-0.15, -0.1) is 11.3 Å². The Morgan fingerprint density at radius 2 is 2.62 bits per heavy atom. The zero-order valence-electron chi connectivity index (χ0n) is 7.40. The zero-order chi connectivity index (χ0) is 9.68. The van der Waals surface area contributed by atoms with Crippen molar-refractivity contribution in [3.63, 3.8) is 0 Å². The Morgan fingerprint density at radius 1 is 1.85 bits per heavy atom. The molecule has 0 radical (unpaired) electrons. The first-order valence-corrected chi connectivity index (χ1v) is 4.97. The van der Waals surface area contributed by atoms with Gasteiger partial charge in [-0.2, -0.15) is 0 Å². The second-order valence-electron chi connectivity index (χ2n) is 2.53. The number of carbonyl (C=O) groups excluding carboxylic acids is 1. The largest absolute Gasteiger partial charge is 0.466 e. The molecule has 5 heteroatoms. The van der Waals surface area contributed by atoms with Crippen LogP contribution >= 0.6 is 11.3 Å². The molecule has 13 heavy (non-hydrogen) atoms. The quantitative estimate of drug-likeness (QED) is 0.739. The molecule has 2 N–H and O–H groups in total. The highest BCUT2D eigenvalue weighted by Crippen LogP contribution is 2.13. The number of hydrogen-bond donors (Lipinski definition) is 1. The van der Waals surface area contributed by atoms with Crippen molar-refractivity contribution >= 4 is 17.3 Å². The van der Waals surface area contributed by atoms with E-state index < -0.39 is 0 Å². The van der Waals surface area contributed by atoms with Gasteiger partial charge in [0.2, 0.25) is 0 Å². The third kappa shape index (κ3) is 3.12. The fourth-order valence-electron chi connectivity index (χ4n) is 0.909. The maximum Gasteiger partial charge on any atom is 0.307 e. The monoisotopic (exact) mass is 200 g/mol. The molecule has 1 aromatic heterocycles. The van der Waals surface area contributed by atoms with Crippen molar-refractivity contribution in [2.45, 2.75) is 19.4 Å². The molecule has 0 saturated heterocycles. The lowest BCUT2D eigenvalue weighted by Crippen LogP contribution is -2.17. The van der Waals surface area contributed by atoms with E-state index in [0.717, 1.165) is 5.69 Å². The first-order chi connectivity index (χ1) is 6.24. The van der Waals surface area contributed by atoms with Crippen LogP contribution in [0.25, 0.3) is 0 Å². The number of hydrogen-bond acceptors (Lipinski definition) is 5. The van der Waals surface area contributed by atoms with Crippen molar-refractivity contribution in [3.8, 4) is 0 Å². The van der Waals surface area contributed by atoms with Crippen LogP contribution in [0.5, 0.6) is 0 Å². The average molecular weight is 200 g/mol. The smallest absolute Gasteiger partial charge is 0.307 e. The molecule has 72 valence electrons. The highest BCUT2D eigenvalue weighted by atomic mass is 32.1. The van der Waals surface area contributed by atoms with Gasteiger partial charge in [0, 0.05) is 5.38 Å². The van der Waals surface area contributed by atoms with Crippen molar-refractivity contribution < 1.29 is 9.53 Å². The van der Waals surface area contributed by atoms with E-state index in [-0.39, 0.29) is 18.4 Å². The Balaban J connectivity index is 2.42. The van der Waals surface area contributed by atoms with Crippen LogP contribution in [0.3, 0.4) is 0 Å². The first kappa shape index (κ1) is 10.1. The molecular formula is C8H12N2O2S. The molecule has 1 heterocycles. The number of nitrogens with two attached hydrogens (primary N) is 1. The van der Waals surface area contributed by atoms with Gasteiger partial charge < -0.3 is 10.5 Å². The van der Waals surface area contributed by atoms with Gasteiger partial charge in [0.05, 0.1) is 30.3 Å². The standard InChI is InChI=1S/C8H12N2O2S/c1-2-12-8(11)3-6(9)7-4-13-5-10-7/h4-6H,2-3,9H2,1H3. The number of esters is 1. The molecule has 1 rings (SSSR count). The number of nitrogens with zero attached hydrogens (tertiary/aromatic N) is 1. The maximum absolute atomic E-state index is 11.0. The van der Waals surface area contributed by atoms with Crippen LogP contribution in [0.2, 0.25) is 0 Å². The van der Waals surface area contributed by atoms with Crippen molar-refractivity contribution in [2.24, 2.45) is 5.73 Å². The summed E-state index contributed by atoms with van der Waals surface area (Å²) >= 11 is 1.47. The third-order valence-electron chi connectivity index (χ3n) is 1.52. The minimum absolute atomic E-state index is 0.192. The normalized spacial score (nSPS) is 12.5. The van der Waals surface area contributed by atoms with E-state index in [1.807, 2.05) is 5.38 Å². The van der Waals surface area contributed by atoms with Crippen molar-refractivity contribution in [1.82, 2.24) is 4.98 Å². The van der Waals surface area contributed by atoms with Crippen LogP contribution < -0.4 is 5.73 Å². The lowest BCUT2D eigenvalue weighted by Gasteiger charge is -2.07. The fraction of sp³-hybridized carbons (Fsp3) is 0.500. The molecule has 0 aliphatic heterocycles. The predicted molar refractivity (Wildman–Crippen MR) is 50.3 cm³/mol. The first-order valence-electron chi connectivity index (χ1n) is 4.03. The van der Waals surface area contributed by atoms with Gasteiger partial charge >= 0.3 is 5.97 Å². The average Bonchev–Trinajstić information content (AvgIpc) is 2.55. The van der Waals surface area contributed by atoms with E-state index in [4.69, 9.17) is 10.5 Å². The summed E-state index contributed by atoms with van der Waals surface area (Å²) in [5.74, 6) is -0.275. The molecule has 0 aliphatic carbocycles. The SMILES string of the molecule is CCOC(=O)CC(N)c1cscn1. The number of rotatable bonds is 4. The van der Waals surface area contributed by atoms with Crippen LogP contribution in [0.4, 0.5) is 0 Å². The van der Waals surface area contributed by atoms with E-state index >= 15 is 0 Å². The highest BCUT2D eigenvalue weighted by molar-refractivity contribution is 7.07. The highest BCUT2D eigenvalue weighted by Gasteiger charge is 2.13. The second-order valence-corrected chi connectivity index (χ2v) is 3.25. The van der Waals surface area contributed by atoms with Crippen LogP contribution in [-0.4, -0.2) is 17.6 Å². The summed E-state index contributed by atoms with van der Waals surface area (Å²) in [7, 11) is 0.